The maximum atomic E-state index is 11.8. The summed E-state index contributed by atoms with van der Waals surface area (Å²) in [5.74, 6) is -0.0118. The minimum atomic E-state index is -0.0211. The number of carbonyl (C=O) groups excluding carboxylic acids is 2. The number of hydrogen-bond acceptors (Lipinski definition) is 3. The molecule has 0 unspecified atom stereocenters. The van der Waals surface area contributed by atoms with Gasteiger partial charge in [0.25, 0.3) is 0 Å². The Morgan fingerprint density at radius 3 is 2.76 bits per heavy atom. The van der Waals surface area contributed by atoms with E-state index in [4.69, 9.17) is 4.74 Å². The van der Waals surface area contributed by atoms with Crippen LogP contribution in [0.2, 0.25) is 0 Å². The number of ether oxygens (including phenoxy) is 1. The standard InChI is InChI=1S/C16H28N2O3/c1-14(19)18(12-13-21-2)11-9-16(20)17-10-8-15-6-4-3-5-7-15/h6H,3-5,7-13H2,1-2H3,(H,17,20). The second-order valence-corrected chi connectivity index (χ2v) is 5.46. The van der Waals surface area contributed by atoms with Gasteiger partial charge in [0.1, 0.15) is 0 Å². The lowest BCUT2D eigenvalue weighted by molar-refractivity contribution is -0.130. The molecule has 0 radical (unpaired) electrons. The molecule has 2 amide bonds. The summed E-state index contributed by atoms with van der Waals surface area (Å²) in [5, 5.41) is 2.93. The summed E-state index contributed by atoms with van der Waals surface area (Å²) in [5.41, 5.74) is 1.46. The number of nitrogens with zero attached hydrogens (tertiary/aromatic N) is 1. The zero-order valence-electron chi connectivity index (χ0n) is 13.3. The molecule has 0 spiro atoms. The Bertz CT molecular complexity index is 367. The van der Waals surface area contributed by atoms with Gasteiger partial charge in [0.15, 0.2) is 0 Å². The van der Waals surface area contributed by atoms with Crippen LogP contribution in [0.15, 0.2) is 11.6 Å². The SMILES string of the molecule is COCCN(CCC(=O)NCCC1=CCCCC1)C(C)=O. The van der Waals surface area contributed by atoms with Crippen LogP contribution in [0.5, 0.6) is 0 Å². The fraction of sp³-hybridized carbons (Fsp3) is 0.750. The molecule has 21 heavy (non-hydrogen) atoms. The Labute approximate surface area is 127 Å². The van der Waals surface area contributed by atoms with Gasteiger partial charge in [-0.25, -0.2) is 0 Å². The van der Waals surface area contributed by atoms with Gasteiger partial charge in [0.05, 0.1) is 6.61 Å². The van der Waals surface area contributed by atoms with E-state index < -0.39 is 0 Å². The molecular formula is C16H28N2O3. The minimum Gasteiger partial charge on any atom is -0.383 e. The maximum Gasteiger partial charge on any atom is 0.221 e. The highest BCUT2D eigenvalue weighted by Gasteiger charge is 2.11. The monoisotopic (exact) mass is 296 g/mol. The summed E-state index contributed by atoms with van der Waals surface area (Å²) in [7, 11) is 1.60. The lowest BCUT2D eigenvalue weighted by atomic mass is 9.97. The average molecular weight is 296 g/mol. The molecule has 0 bridgehead atoms. The number of allylic oxidation sites excluding steroid dienone is 1. The topological polar surface area (TPSA) is 58.6 Å². The number of amides is 2. The molecule has 0 saturated carbocycles. The normalized spacial score (nSPS) is 14.5. The number of methoxy groups -OCH3 is 1. The van der Waals surface area contributed by atoms with Gasteiger partial charge in [0.2, 0.25) is 11.8 Å². The molecule has 0 aliphatic heterocycles. The second kappa shape index (κ2) is 10.4. The van der Waals surface area contributed by atoms with Crippen molar-refractivity contribution in [1.29, 1.82) is 0 Å². The summed E-state index contributed by atoms with van der Waals surface area (Å²) >= 11 is 0. The van der Waals surface area contributed by atoms with Crippen LogP contribution in [0, 0.1) is 0 Å². The van der Waals surface area contributed by atoms with Crippen molar-refractivity contribution in [1.82, 2.24) is 10.2 Å². The van der Waals surface area contributed by atoms with Gasteiger partial charge in [-0.15, -0.1) is 0 Å². The highest BCUT2D eigenvalue weighted by molar-refractivity contribution is 5.78. The zero-order valence-corrected chi connectivity index (χ0v) is 13.3. The third kappa shape index (κ3) is 7.85. The van der Waals surface area contributed by atoms with Crippen LogP contribution in [-0.4, -0.2) is 50.1 Å². The van der Waals surface area contributed by atoms with Crippen LogP contribution in [0.1, 0.15) is 45.4 Å². The summed E-state index contributed by atoms with van der Waals surface area (Å²) in [4.78, 5) is 24.8. The summed E-state index contributed by atoms with van der Waals surface area (Å²) < 4.78 is 4.96. The highest BCUT2D eigenvalue weighted by Crippen LogP contribution is 2.19. The van der Waals surface area contributed by atoms with Crippen LogP contribution >= 0.6 is 0 Å². The van der Waals surface area contributed by atoms with Gasteiger partial charge in [0, 0.05) is 40.1 Å². The molecule has 120 valence electrons. The van der Waals surface area contributed by atoms with E-state index in [9.17, 15) is 9.59 Å². The molecule has 0 heterocycles. The van der Waals surface area contributed by atoms with Gasteiger partial charge in [-0.3, -0.25) is 9.59 Å². The van der Waals surface area contributed by atoms with Crippen LogP contribution in [0.4, 0.5) is 0 Å². The summed E-state index contributed by atoms with van der Waals surface area (Å²) in [6.07, 6.45) is 8.51. The van der Waals surface area contributed by atoms with Crippen molar-refractivity contribution in [2.45, 2.75) is 45.4 Å². The molecule has 1 aliphatic rings. The molecule has 1 N–H and O–H groups in total. The van der Waals surface area contributed by atoms with Crippen molar-refractivity contribution < 1.29 is 14.3 Å². The number of rotatable bonds is 9. The Hall–Kier alpha value is -1.36. The van der Waals surface area contributed by atoms with Crippen molar-refractivity contribution in [3.63, 3.8) is 0 Å². The van der Waals surface area contributed by atoms with E-state index in [1.54, 1.807) is 12.0 Å². The number of carbonyl (C=O) groups is 2. The van der Waals surface area contributed by atoms with Gasteiger partial charge in [-0.2, -0.15) is 0 Å². The van der Waals surface area contributed by atoms with Crippen LogP contribution < -0.4 is 5.32 Å². The molecule has 1 aliphatic carbocycles. The fourth-order valence-electron chi connectivity index (χ4n) is 2.45. The first-order valence-electron chi connectivity index (χ1n) is 7.82. The van der Waals surface area contributed by atoms with Crippen molar-refractivity contribution in [3.05, 3.63) is 11.6 Å². The first-order valence-corrected chi connectivity index (χ1v) is 7.82. The van der Waals surface area contributed by atoms with Gasteiger partial charge >= 0.3 is 0 Å². The fourth-order valence-corrected chi connectivity index (χ4v) is 2.45. The first-order chi connectivity index (χ1) is 10.1. The molecule has 5 nitrogen and oxygen atoms in total. The molecule has 0 fully saturated rings. The third-order valence-electron chi connectivity index (χ3n) is 3.77. The largest absolute Gasteiger partial charge is 0.383 e. The van der Waals surface area contributed by atoms with E-state index in [-0.39, 0.29) is 11.8 Å². The number of hydrogen-bond donors (Lipinski definition) is 1. The molecule has 0 aromatic rings. The van der Waals surface area contributed by atoms with Crippen molar-refractivity contribution in [2.24, 2.45) is 0 Å². The number of nitrogens with one attached hydrogen (secondary N) is 1. The lowest BCUT2D eigenvalue weighted by Gasteiger charge is -2.20. The van der Waals surface area contributed by atoms with Crippen LogP contribution in [0.3, 0.4) is 0 Å². The van der Waals surface area contributed by atoms with E-state index >= 15 is 0 Å². The predicted octanol–water partition coefficient (Wildman–Crippen LogP) is 1.88. The van der Waals surface area contributed by atoms with Crippen LogP contribution in [-0.2, 0) is 14.3 Å². The molecule has 1 rings (SSSR count). The van der Waals surface area contributed by atoms with Crippen molar-refractivity contribution >= 4 is 11.8 Å². The van der Waals surface area contributed by atoms with Crippen molar-refractivity contribution in [2.75, 3.05) is 33.4 Å². The van der Waals surface area contributed by atoms with E-state index in [0.717, 1.165) is 6.42 Å². The molecule has 5 heteroatoms. The van der Waals surface area contributed by atoms with E-state index in [1.807, 2.05) is 0 Å². The van der Waals surface area contributed by atoms with Gasteiger partial charge in [-0.05, 0) is 32.1 Å². The maximum absolute atomic E-state index is 11.8. The zero-order chi connectivity index (χ0) is 15.5. The minimum absolute atomic E-state index is 0.00933. The summed E-state index contributed by atoms with van der Waals surface area (Å²) in [6, 6.07) is 0. The third-order valence-corrected chi connectivity index (χ3v) is 3.77. The van der Waals surface area contributed by atoms with Crippen LogP contribution in [0.25, 0.3) is 0 Å². The van der Waals surface area contributed by atoms with Gasteiger partial charge in [-0.1, -0.05) is 11.6 Å². The van der Waals surface area contributed by atoms with Crippen molar-refractivity contribution in [3.8, 4) is 0 Å². The second-order valence-electron chi connectivity index (χ2n) is 5.46. The molecule has 0 saturated heterocycles. The van der Waals surface area contributed by atoms with E-state index in [2.05, 4.69) is 11.4 Å². The lowest BCUT2D eigenvalue weighted by Crippen LogP contribution is -2.36. The Morgan fingerprint density at radius 2 is 2.14 bits per heavy atom. The Balaban J connectivity index is 2.16. The molecule has 0 aromatic heterocycles. The first kappa shape index (κ1) is 17.7. The Morgan fingerprint density at radius 1 is 1.33 bits per heavy atom. The summed E-state index contributed by atoms with van der Waals surface area (Å²) in [6.45, 7) is 3.69. The Kier molecular flexibility index (Phi) is 8.74. The highest BCUT2D eigenvalue weighted by atomic mass is 16.5. The smallest absolute Gasteiger partial charge is 0.221 e. The quantitative estimate of drug-likeness (QED) is 0.661. The van der Waals surface area contributed by atoms with Gasteiger partial charge < -0.3 is 15.0 Å². The predicted molar refractivity (Wildman–Crippen MR) is 82.9 cm³/mol. The average Bonchev–Trinajstić information content (AvgIpc) is 2.48. The molecule has 0 atom stereocenters. The molecule has 0 aromatic carbocycles. The van der Waals surface area contributed by atoms with E-state index in [0.29, 0.717) is 32.7 Å². The molecular weight excluding hydrogens is 268 g/mol. The van der Waals surface area contributed by atoms with E-state index in [1.165, 1.54) is 38.2 Å².